The highest BCUT2D eigenvalue weighted by atomic mass is 35.5. The van der Waals surface area contributed by atoms with Crippen molar-refractivity contribution in [2.24, 2.45) is 0 Å². The molecule has 8 heteroatoms. The van der Waals surface area contributed by atoms with E-state index in [-0.39, 0.29) is 5.91 Å². The molecule has 0 fully saturated rings. The van der Waals surface area contributed by atoms with Crippen molar-refractivity contribution in [3.63, 3.8) is 0 Å². The summed E-state index contributed by atoms with van der Waals surface area (Å²) in [4.78, 5) is 12.6. The summed E-state index contributed by atoms with van der Waals surface area (Å²) in [6.07, 6.45) is 1.09. The van der Waals surface area contributed by atoms with Gasteiger partial charge in [0.2, 0.25) is 15.9 Å². The molecular formula is C20H25ClN2O3S2. The third-order valence-electron chi connectivity index (χ3n) is 4.15. The van der Waals surface area contributed by atoms with Gasteiger partial charge in [0.25, 0.3) is 0 Å². The van der Waals surface area contributed by atoms with Crippen LogP contribution in [0, 0.1) is 6.92 Å². The summed E-state index contributed by atoms with van der Waals surface area (Å²) in [5.41, 5.74) is 2.37. The summed E-state index contributed by atoms with van der Waals surface area (Å²) >= 11 is 7.75. The first kappa shape index (κ1) is 22.6. The number of halogens is 1. The first-order valence-corrected chi connectivity index (χ1v) is 12.2. The monoisotopic (exact) mass is 440 g/mol. The van der Waals surface area contributed by atoms with Crippen molar-refractivity contribution < 1.29 is 13.2 Å². The average Bonchev–Trinajstić information content (AvgIpc) is 2.64. The number of hydrogen-bond acceptors (Lipinski definition) is 4. The number of rotatable bonds is 9. The van der Waals surface area contributed by atoms with Crippen molar-refractivity contribution in [1.29, 1.82) is 0 Å². The fourth-order valence-electron chi connectivity index (χ4n) is 2.76. The standard InChI is InChI=1S/C20H25ClN2O3S2/c1-15-9-10-18(21)13-19(15)23(28(3,25)26)16(2)20(24)22-11-12-27-14-17-7-5-4-6-8-17/h4-10,13,16H,11-12,14H2,1-3H3,(H,22,24)/t16-/m1/s1. The third kappa shape index (κ3) is 6.43. The molecule has 0 radical (unpaired) electrons. The lowest BCUT2D eigenvalue weighted by molar-refractivity contribution is -0.121. The van der Waals surface area contributed by atoms with Crippen LogP contribution in [0.15, 0.2) is 48.5 Å². The van der Waals surface area contributed by atoms with Gasteiger partial charge < -0.3 is 5.32 Å². The molecule has 0 saturated carbocycles. The smallest absolute Gasteiger partial charge is 0.243 e. The number of anilines is 1. The van der Waals surface area contributed by atoms with Gasteiger partial charge in [-0.3, -0.25) is 9.10 Å². The molecule has 0 spiro atoms. The summed E-state index contributed by atoms with van der Waals surface area (Å²) < 4.78 is 25.9. The molecule has 1 amide bonds. The number of nitrogens with zero attached hydrogens (tertiary/aromatic N) is 1. The predicted octanol–water partition coefficient (Wildman–Crippen LogP) is 3.85. The van der Waals surface area contributed by atoms with Crippen LogP contribution in [0.2, 0.25) is 5.02 Å². The Hall–Kier alpha value is -1.70. The lowest BCUT2D eigenvalue weighted by Crippen LogP contribution is -2.48. The van der Waals surface area contributed by atoms with E-state index in [1.807, 2.05) is 18.2 Å². The van der Waals surface area contributed by atoms with E-state index in [4.69, 9.17) is 11.6 Å². The molecule has 2 aromatic rings. The molecule has 0 bridgehead atoms. The number of hydrogen-bond donors (Lipinski definition) is 1. The Balaban J connectivity index is 1.97. The molecule has 5 nitrogen and oxygen atoms in total. The van der Waals surface area contributed by atoms with E-state index in [9.17, 15) is 13.2 Å². The molecule has 2 rings (SSSR count). The normalized spacial score (nSPS) is 12.4. The van der Waals surface area contributed by atoms with Gasteiger partial charge in [0.05, 0.1) is 11.9 Å². The summed E-state index contributed by atoms with van der Waals surface area (Å²) in [7, 11) is -3.66. The predicted molar refractivity (Wildman–Crippen MR) is 119 cm³/mol. The van der Waals surface area contributed by atoms with E-state index in [0.29, 0.717) is 17.3 Å². The number of thioether (sulfide) groups is 1. The van der Waals surface area contributed by atoms with Crippen LogP contribution in [0.4, 0.5) is 5.69 Å². The Labute approximate surface area is 176 Å². The van der Waals surface area contributed by atoms with E-state index < -0.39 is 16.1 Å². The zero-order chi connectivity index (χ0) is 20.7. The Morgan fingerprint density at radius 1 is 1.21 bits per heavy atom. The first-order valence-electron chi connectivity index (χ1n) is 8.85. The molecule has 152 valence electrons. The topological polar surface area (TPSA) is 66.5 Å². The summed E-state index contributed by atoms with van der Waals surface area (Å²) in [5, 5.41) is 3.24. The molecule has 1 N–H and O–H groups in total. The fourth-order valence-corrected chi connectivity index (χ4v) is 4.97. The van der Waals surface area contributed by atoms with Crippen molar-refractivity contribution >= 4 is 45.0 Å². The van der Waals surface area contributed by atoms with Crippen molar-refractivity contribution in [3.8, 4) is 0 Å². The van der Waals surface area contributed by atoms with E-state index in [1.54, 1.807) is 43.8 Å². The Bertz CT molecular complexity index is 905. The summed E-state index contributed by atoms with van der Waals surface area (Å²) in [6.45, 7) is 3.83. The summed E-state index contributed by atoms with van der Waals surface area (Å²) in [6, 6.07) is 14.2. The van der Waals surface area contributed by atoms with E-state index >= 15 is 0 Å². The van der Waals surface area contributed by atoms with Gasteiger partial charge in [-0.05, 0) is 37.1 Å². The molecule has 2 aromatic carbocycles. The first-order chi connectivity index (χ1) is 13.2. The van der Waals surface area contributed by atoms with Crippen LogP contribution >= 0.6 is 23.4 Å². The van der Waals surface area contributed by atoms with Gasteiger partial charge in [-0.2, -0.15) is 11.8 Å². The Morgan fingerprint density at radius 3 is 2.54 bits per heavy atom. The lowest BCUT2D eigenvalue weighted by atomic mass is 10.2. The van der Waals surface area contributed by atoms with Crippen molar-refractivity contribution in [1.82, 2.24) is 5.32 Å². The van der Waals surface area contributed by atoms with Crippen LogP contribution in [-0.4, -0.2) is 38.9 Å². The van der Waals surface area contributed by atoms with Crippen LogP contribution in [-0.2, 0) is 20.6 Å². The van der Waals surface area contributed by atoms with Gasteiger partial charge >= 0.3 is 0 Å². The highest BCUT2D eigenvalue weighted by Crippen LogP contribution is 2.28. The largest absolute Gasteiger partial charge is 0.353 e. The molecule has 0 saturated heterocycles. The molecule has 0 heterocycles. The minimum absolute atomic E-state index is 0.342. The SMILES string of the molecule is Cc1ccc(Cl)cc1N([C@H](C)C(=O)NCCSCc1ccccc1)S(C)(=O)=O. The Morgan fingerprint density at radius 2 is 1.89 bits per heavy atom. The second-order valence-corrected chi connectivity index (χ2v) is 9.90. The lowest BCUT2D eigenvalue weighted by Gasteiger charge is -2.29. The maximum Gasteiger partial charge on any atom is 0.243 e. The van der Waals surface area contributed by atoms with Gasteiger partial charge in [0.1, 0.15) is 6.04 Å². The highest BCUT2D eigenvalue weighted by molar-refractivity contribution is 7.98. The summed E-state index contributed by atoms with van der Waals surface area (Å²) in [5.74, 6) is 1.26. The zero-order valence-corrected chi connectivity index (χ0v) is 18.6. The van der Waals surface area contributed by atoms with Crippen LogP contribution in [0.3, 0.4) is 0 Å². The van der Waals surface area contributed by atoms with Crippen molar-refractivity contribution in [3.05, 3.63) is 64.7 Å². The number of sulfonamides is 1. The molecule has 0 aromatic heterocycles. The molecule has 1 atom stereocenters. The molecule has 0 aliphatic heterocycles. The molecule has 28 heavy (non-hydrogen) atoms. The van der Waals surface area contributed by atoms with Crippen molar-refractivity contribution in [2.45, 2.75) is 25.6 Å². The number of nitrogens with one attached hydrogen (secondary N) is 1. The second kappa shape index (κ2) is 10.2. The molecule has 0 aliphatic carbocycles. The van der Waals surface area contributed by atoms with Crippen LogP contribution in [0.1, 0.15) is 18.1 Å². The molecule has 0 unspecified atom stereocenters. The fraction of sp³-hybridized carbons (Fsp3) is 0.350. The van der Waals surface area contributed by atoms with Gasteiger partial charge in [0.15, 0.2) is 0 Å². The molecular weight excluding hydrogens is 416 g/mol. The van der Waals surface area contributed by atoms with Gasteiger partial charge in [-0.1, -0.05) is 48.0 Å². The Kier molecular flexibility index (Phi) is 8.22. The third-order valence-corrected chi connectivity index (χ3v) is 6.65. The van der Waals surface area contributed by atoms with Crippen LogP contribution < -0.4 is 9.62 Å². The van der Waals surface area contributed by atoms with Gasteiger partial charge in [0, 0.05) is 23.1 Å². The second-order valence-electron chi connectivity index (χ2n) is 6.49. The number of aryl methyl sites for hydroxylation is 1. The highest BCUT2D eigenvalue weighted by Gasteiger charge is 2.30. The quantitative estimate of drug-likeness (QED) is 0.601. The van der Waals surface area contributed by atoms with Crippen molar-refractivity contribution in [2.75, 3.05) is 22.9 Å². The zero-order valence-electron chi connectivity index (χ0n) is 16.2. The minimum atomic E-state index is -3.66. The van der Waals surface area contributed by atoms with E-state index in [2.05, 4.69) is 17.4 Å². The average molecular weight is 441 g/mol. The van der Waals surface area contributed by atoms with E-state index in [1.165, 1.54) is 5.56 Å². The number of amides is 1. The number of carbonyl (C=O) groups is 1. The minimum Gasteiger partial charge on any atom is -0.353 e. The van der Waals surface area contributed by atoms with Gasteiger partial charge in [-0.25, -0.2) is 8.42 Å². The molecule has 0 aliphatic rings. The van der Waals surface area contributed by atoms with Crippen LogP contribution in [0.25, 0.3) is 0 Å². The number of carbonyl (C=O) groups excluding carboxylic acids is 1. The van der Waals surface area contributed by atoms with Crippen LogP contribution in [0.5, 0.6) is 0 Å². The van der Waals surface area contributed by atoms with E-state index in [0.717, 1.165) is 27.6 Å². The number of benzene rings is 2. The van der Waals surface area contributed by atoms with Gasteiger partial charge in [-0.15, -0.1) is 0 Å². The maximum absolute atomic E-state index is 12.6. The maximum atomic E-state index is 12.6.